The molecule has 1 aliphatic rings. The van der Waals surface area contributed by atoms with E-state index in [0.717, 1.165) is 5.56 Å². The summed E-state index contributed by atoms with van der Waals surface area (Å²) in [6.45, 7) is 0. The summed E-state index contributed by atoms with van der Waals surface area (Å²) in [5, 5.41) is 14.3. The van der Waals surface area contributed by atoms with E-state index in [0.29, 0.717) is 30.0 Å². The van der Waals surface area contributed by atoms with Crippen LogP contribution in [0, 0.1) is 5.82 Å². The van der Waals surface area contributed by atoms with Gasteiger partial charge in [0.05, 0.1) is 5.69 Å². The number of hydrogen-bond donors (Lipinski definition) is 3. The lowest BCUT2D eigenvalue weighted by atomic mass is 10.0. The average molecular weight is 330 g/mol. The lowest BCUT2D eigenvalue weighted by Gasteiger charge is -2.25. The van der Waals surface area contributed by atoms with Gasteiger partial charge in [-0.15, -0.1) is 0 Å². The third-order valence-corrected chi connectivity index (χ3v) is 3.66. The monoisotopic (exact) mass is 330 g/mol. The normalized spacial score (nSPS) is 15.8. The van der Waals surface area contributed by atoms with Crippen LogP contribution in [0.5, 0.6) is 5.75 Å². The van der Waals surface area contributed by atoms with Crippen molar-refractivity contribution < 1.29 is 23.8 Å². The summed E-state index contributed by atoms with van der Waals surface area (Å²) >= 11 is 0. The van der Waals surface area contributed by atoms with Crippen LogP contribution in [0.3, 0.4) is 0 Å². The summed E-state index contributed by atoms with van der Waals surface area (Å²) in [5.74, 6) is -1.07. The first-order valence-corrected chi connectivity index (χ1v) is 7.38. The number of fused-ring (bicyclic) bond motifs is 1. The van der Waals surface area contributed by atoms with E-state index in [1.54, 1.807) is 12.1 Å². The summed E-state index contributed by atoms with van der Waals surface area (Å²) in [5.41, 5.74) is 1.66. The van der Waals surface area contributed by atoms with E-state index in [1.807, 2.05) is 6.07 Å². The number of carboxylic acids is 1. The number of rotatable bonds is 3. The minimum absolute atomic E-state index is 0.366. The third kappa shape index (κ3) is 3.45. The zero-order valence-electron chi connectivity index (χ0n) is 12.6. The molecule has 1 unspecified atom stereocenters. The Hall–Kier alpha value is -3.09. The number of carbonyl (C=O) groups is 2. The van der Waals surface area contributed by atoms with Crippen LogP contribution < -0.4 is 15.4 Å². The van der Waals surface area contributed by atoms with Crippen LogP contribution in [0.15, 0.2) is 42.5 Å². The quantitative estimate of drug-likeness (QED) is 0.806. The summed E-state index contributed by atoms with van der Waals surface area (Å²) in [6.07, 6.45) is 0.00946. The van der Waals surface area contributed by atoms with Gasteiger partial charge in [0.1, 0.15) is 11.6 Å². The molecule has 0 saturated heterocycles. The summed E-state index contributed by atoms with van der Waals surface area (Å²) in [7, 11) is 0. The number of aliphatic carboxylic acids is 1. The van der Waals surface area contributed by atoms with Crippen LogP contribution >= 0.6 is 0 Å². The smallest absolute Gasteiger partial charge is 0.344 e. The molecule has 3 rings (SSSR count). The summed E-state index contributed by atoms with van der Waals surface area (Å²) < 4.78 is 18.4. The molecule has 1 aliphatic heterocycles. The number of carboxylic acid groups (broad SMARTS) is 1. The molecule has 6 nitrogen and oxygen atoms in total. The molecular formula is C17H15FN2O4. The Morgan fingerprint density at radius 3 is 2.58 bits per heavy atom. The molecule has 2 amide bonds. The first-order chi connectivity index (χ1) is 11.5. The number of carbonyl (C=O) groups excluding carboxylic acids is 1. The van der Waals surface area contributed by atoms with Gasteiger partial charge < -0.3 is 20.5 Å². The Morgan fingerprint density at radius 2 is 1.88 bits per heavy atom. The molecule has 0 bridgehead atoms. The number of amides is 2. The topological polar surface area (TPSA) is 87.7 Å². The maximum Gasteiger partial charge on any atom is 0.344 e. The minimum atomic E-state index is -1.04. The zero-order valence-corrected chi connectivity index (χ0v) is 12.6. The number of halogens is 1. The first kappa shape index (κ1) is 15.8. The van der Waals surface area contributed by atoms with Crippen molar-refractivity contribution in [3.8, 4) is 5.75 Å². The van der Waals surface area contributed by atoms with Crippen molar-refractivity contribution in [3.63, 3.8) is 0 Å². The molecule has 0 radical (unpaired) electrons. The molecule has 24 heavy (non-hydrogen) atoms. The zero-order chi connectivity index (χ0) is 17.1. The second kappa shape index (κ2) is 6.57. The van der Waals surface area contributed by atoms with E-state index in [9.17, 15) is 14.0 Å². The van der Waals surface area contributed by atoms with Crippen LogP contribution in [0.2, 0.25) is 0 Å². The molecule has 0 aliphatic carbocycles. The first-order valence-electron chi connectivity index (χ1n) is 7.38. The van der Waals surface area contributed by atoms with Gasteiger partial charge in [-0.3, -0.25) is 0 Å². The van der Waals surface area contributed by atoms with Crippen LogP contribution in [0.1, 0.15) is 12.0 Å². The predicted molar refractivity (Wildman–Crippen MR) is 85.9 cm³/mol. The van der Waals surface area contributed by atoms with Crippen molar-refractivity contribution in [2.45, 2.75) is 18.9 Å². The van der Waals surface area contributed by atoms with Gasteiger partial charge in [0.15, 0.2) is 6.10 Å². The number of benzene rings is 2. The number of aryl methyl sites for hydroxylation is 1. The van der Waals surface area contributed by atoms with E-state index in [2.05, 4.69) is 10.6 Å². The van der Waals surface area contributed by atoms with Gasteiger partial charge in [0.2, 0.25) is 0 Å². The standard InChI is InChI=1S/C17H15FN2O4/c18-11-5-7-12(8-6-11)19-17(23)20-13-3-1-2-10-4-9-14(16(21)22)24-15(10)13/h1-3,5-8,14H,4,9H2,(H,21,22)(H2,19,20,23). The van der Waals surface area contributed by atoms with Gasteiger partial charge in [0.25, 0.3) is 0 Å². The molecule has 2 aromatic rings. The van der Waals surface area contributed by atoms with E-state index in [-0.39, 0.29) is 0 Å². The predicted octanol–water partition coefficient (Wildman–Crippen LogP) is 3.25. The van der Waals surface area contributed by atoms with Crippen molar-refractivity contribution in [1.29, 1.82) is 0 Å². The number of para-hydroxylation sites is 1. The second-order valence-electron chi connectivity index (χ2n) is 5.36. The highest BCUT2D eigenvalue weighted by molar-refractivity contribution is 6.00. The lowest BCUT2D eigenvalue weighted by Crippen LogP contribution is -2.31. The Kier molecular flexibility index (Phi) is 4.33. The highest BCUT2D eigenvalue weighted by Gasteiger charge is 2.27. The number of hydrogen-bond acceptors (Lipinski definition) is 3. The van der Waals surface area contributed by atoms with Gasteiger partial charge in [0, 0.05) is 5.69 Å². The van der Waals surface area contributed by atoms with Crippen LogP contribution in [-0.2, 0) is 11.2 Å². The fraction of sp³-hybridized carbons (Fsp3) is 0.176. The Labute approximate surface area is 137 Å². The van der Waals surface area contributed by atoms with E-state index in [1.165, 1.54) is 24.3 Å². The second-order valence-corrected chi connectivity index (χ2v) is 5.36. The molecule has 1 heterocycles. The molecule has 0 saturated carbocycles. The van der Waals surface area contributed by atoms with Crippen molar-refractivity contribution >= 4 is 23.4 Å². The number of anilines is 2. The molecule has 3 N–H and O–H groups in total. The van der Waals surface area contributed by atoms with Gasteiger partial charge in [-0.25, -0.2) is 14.0 Å². The van der Waals surface area contributed by atoms with E-state index < -0.39 is 23.9 Å². The number of nitrogens with one attached hydrogen (secondary N) is 2. The molecule has 1 atom stereocenters. The Balaban J connectivity index is 1.74. The molecule has 0 fully saturated rings. The maximum atomic E-state index is 12.9. The van der Waals surface area contributed by atoms with E-state index in [4.69, 9.17) is 9.84 Å². The fourth-order valence-electron chi connectivity index (χ4n) is 2.50. The Morgan fingerprint density at radius 1 is 1.12 bits per heavy atom. The van der Waals surface area contributed by atoms with Crippen molar-refractivity contribution in [2.75, 3.05) is 10.6 Å². The van der Waals surface area contributed by atoms with E-state index >= 15 is 0 Å². The fourth-order valence-corrected chi connectivity index (χ4v) is 2.50. The third-order valence-electron chi connectivity index (χ3n) is 3.66. The number of urea groups is 1. The van der Waals surface area contributed by atoms with Gasteiger partial charge in [-0.2, -0.15) is 0 Å². The molecule has 124 valence electrons. The maximum absolute atomic E-state index is 12.9. The van der Waals surface area contributed by atoms with Crippen molar-refractivity contribution in [2.24, 2.45) is 0 Å². The van der Waals surface area contributed by atoms with Crippen molar-refractivity contribution in [3.05, 3.63) is 53.8 Å². The lowest BCUT2D eigenvalue weighted by molar-refractivity contribution is -0.145. The molecule has 0 spiro atoms. The highest BCUT2D eigenvalue weighted by Crippen LogP contribution is 2.35. The molecule has 7 heteroatoms. The molecular weight excluding hydrogens is 315 g/mol. The SMILES string of the molecule is O=C(Nc1ccc(F)cc1)Nc1cccc2c1OC(C(=O)O)CC2. The molecule has 2 aromatic carbocycles. The van der Waals surface area contributed by atoms with Crippen LogP contribution in [0.4, 0.5) is 20.6 Å². The number of ether oxygens (including phenoxy) is 1. The Bertz CT molecular complexity index is 777. The summed E-state index contributed by atoms with van der Waals surface area (Å²) in [4.78, 5) is 23.2. The van der Waals surface area contributed by atoms with Crippen molar-refractivity contribution in [1.82, 2.24) is 0 Å². The molecule has 0 aromatic heterocycles. The van der Waals surface area contributed by atoms with Gasteiger partial charge >= 0.3 is 12.0 Å². The summed E-state index contributed by atoms with van der Waals surface area (Å²) in [6, 6.07) is 10.0. The average Bonchev–Trinajstić information content (AvgIpc) is 2.57. The van der Waals surface area contributed by atoms with Crippen LogP contribution in [0.25, 0.3) is 0 Å². The highest BCUT2D eigenvalue weighted by atomic mass is 19.1. The largest absolute Gasteiger partial charge is 0.479 e. The van der Waals surface area contributed by atoms with Gasteiger partial charge in [-0.1, -0.05) is 12.1 Å². The van der Waals surface area contributed by atoms with Crippen LogP contribution in [-0.4, -0.2) is 23.2 Å². The van der Waals surface area contributed by atoms with Gasteiger partial charge in [-0.05, 0) is 48.7 Å². The minimum Gasteiger partial charge on any atom is -0.479 e.